The fraction of sp³-hybridized carbons (Fsp3) is 0.167. The first kappa shape index (κ1) is 22.9. The lowest BCUT2D eigenvalue weighted by Gasteiger charge is -2.13. The molecule has 7 nitrogen and oxygen atoms in total. The lowest BCUT2D eigenvalue weighted by atomic mass is 10.1. The number of amides is 2. The molecule has 32 heavy (non-hydrogen) atoms. The first-order valence-electron chi connectivity index (χ1n) is 10.0. The van der Waals surface area contributed by atoms with E-state index in [1.165, 1.54) is 12.1 Å². The molecule has 4 N–H and O–H groups in total. The van der Waals surface area contributed by atoms with Crippen molar-refractivity contribution in [1.82, 2.24) is 10.8 Å². The summed E-state index contributed by atoms with van der Waals surface area (Å²) in [5.41, 5.74) is 4.83. The van der Waals surface area contributed by atoms with Crippen molar-refractivity contribution in [3.05, 3.63) is 101 Å². The van der Waals surface area contributed by atoms with E-state index in [1.54, 1.807) is 30.3 Å². The van der Waals surface area contributed by atoms with Gasteiger partial charge in [0.2, 0.25) is 0 Å². The van der Waals surface area contributed by atoms with E-state index in [2.05, 4.69) is 16.1 Å². The van der Waals surface area contributed by atoms with Crippen LogP contribution in [0.4, 0.5) is 10.1 Å². The van der Waals surface area contributed by atoms with E-state index in [-0.39, 0.29) is 31.9 Å². The number of anilines is 1. The second kappa shape index (κ2) is 11.6. The van der Waals surface area contributed by atoms with Gasteiger partial charge in [0, 0.05) is 18.8 Å². The molecule has 8 heteroatoms. The molecule has 3 aromatic rings. The van der Waals surface area contributed by atoms with Crippen molar-refractivity contribution in [2.45, 2.75) is 13.2 Å². The van der Waals surface area contributed by atoms with Gasteiger partial charge in [-0.15, -0.1) is 0 Å². The molecule has 0 unspecified atom stereocenters. The van der Waals surface area contributed by atoms with Gasteiger partial charge in [0.15, 0.2) is 0 Å². The third-order valence-electron chi connectivity index (χ3n) is 4.57. The minimum absolute atomic E-state index is 0.0373. The molecule has 0 heterocycles. The van der Waals surface area contributed by atoms with Gasteiger partial charge in [0.1, 0.15) is 5.82 Å². The zero-order valence-corrected chi connectivity index (χ0v) is 17.3. The SMILES string of the molecule is O=C(NCCO)c1cc(CNc2ccccc2C(=O)NOCc2ccccc2)ccc1F. The highest BCUT2D eigenvalue weighted by atomic mass is 19.1. The summed E-state index contributed by atoms with van der Waals surface area (Å²) < 4.78 is 14.0. The number of aliphatic hydroxyl groups excluding tert-OH is 1. The Morgan fingerprint density at radius 3 is 2.41 bits per heavy atom. The summed E-state index contributed by atoms with van der Waals surface area (Å²) in [4.78, 5) is 29.9. The number of carbonyl (C=O) groups is 2. The molecule has 0 aliphatic carbocycles. The van der Waals surface area contributed by atoms with E-state index in [4.69, 9.17) is 9.94 Å². The molecule has 3 rings (SSSR count). The smallest absolute Gasteiger partial charge is 0.276 e. The molecule has 0 aliphatic rings. The van der Waals surface area contributed by atoms with Gasteiger partial charge in [0.05, 0.1) is 24.3 Å². The van der Waals surface area contributed by atoms with Gasteiger partial charge in [-0.2, -0.15) is 0 Å². The highest BCUT2D eigenvalue weighted by molar-refractivity contribution is 5.99. The fourth-order valence-electron chi connectivity index (χ4n) is 2.97. The normalized spacial score (nSPS) is 10.4. The zero-order chi connectivity index (χ0) is 22.8. The van der Waals surface area contributed by atoms with Crippen molar-refractivity contribution in [1.29, 1.82) is 0 Å². The Labute approximate surface area is 185 Å². The van der Waals surface area contributed by atoms with Crippen LogP contribution in [0.2, 0.25) is 0 Å². The van der Waals surface area contributed by atoms with E-state index in [1.807, 2.05) is 30.3 Å². The van der Waals surface area contributed by atoms with Crippen LogP contribution in [-0.2, 0) is 18.0 Å². The molecular formula is C24H24FN3O4. The highest BCUT2D eigenvalue weighted by Gasteiger charge is 2.14. The minimum Gasteiger partial charge on any atom is -0.395 e. The third kappa shape index (κ3) is 6.37. The fourth-order valence-corrected chi connectivity index (χ4v) is 2.97. The number of halogens is 1. The Balaban J connectivity index is 1.62. The molecule has 0 atom stereocenters. The molecule has 3 aromatic carbocycles. The van der Waals surface area contributed by atoms with Crippen LogP contribution in [0.25, 0.3) is 0 Å². The predicted molar refractivity (Wildman–Crippen MR) is 118 cm³/mol. The lowest BCUT2D eigenvalue weighted by Crippen LogP contribution is -2.27. The molecule has 0 fully saturated rings. The van der Waals surface area contributed by atoms with Crippen LogP contribution in [0.3, 0.4) is 0 Å². The van der Waals surface area contributed by atoms with E-state index < -0.39 is 17.6 Å². The maximum Gasteiger partial charge on any atom is 0.276 e. The predicted octanol–water partition coefficient (Wildman–Crippen LogP) is 3.02. The summed E-state index contributed by atoms with van der Waals surface area (Å²) in [5.74, 6) is -1.67. The number of hydroxylamine groups is 1. The quantitative estimate of drug-likeness (QED) is 0.366. The highest BCUT2D eigenvalue weighted by Crippen LogP contribution is 2.18. The Hall–Kier alpha value is -3.75. The molecule has 2 amide bonds. The van der Waals surface area contributed by atoms with Gasteiger partial charge in [-0.05, 0) is 35.4 Å². The monoisotopic (exact) mass is 437 g/mol. The molecule has 0 aromatic heterocycles. The number of nitrogens with one attached hydrogen (secondary N) is 3. The van der Waals surface area contributed by atoms with Gasteiger partial charge in [-0.3, -0.25) is 14.4 Å². The second-order valence-corrected chi connectivity index (χ2v) is 6.90. The van der Waals surface area contributed by atoms with Crippen molar-refractivity contribution in [2.75, 3.05) is 18.5 Å². The summed E-state index contributed by atoms with van der Waals surface area (Å²) in [5, 5.41) is 14.4. The van der Waals surface area contributed by atoms with E-state index in [0.29, 0.717) is 16.8 Å². The number of hydrogen-bond donors (Lipinski definition) is 4. The second-order valence-electron chi connectivity index (χ2n) is 6.90. The van der Waals surface area contributed by atoms with E-state index >= 15 is 0 Å². The number of aliphatic hydroxyl groups is 1. The van der Waals surface area contributed by atoms with Gasteiger partial charge in [-0.25, -0.2) is 9.87 Å². The molecule has 0 aliphatic heterocycles. The summed E-state index contributed by atoms with van der Waals surface area (Å²) in [7, 11) is 0. The number of benzene rings is 3. The van der Waals surface area contributed by atoms with Crippen molar-refractivity contribution < 1.29 is 23.9 Å². The molecule has 0 spiro atoms. The van der Waals surface area contributed by atoms with Crippen molar-refractivity contribution >= 4 is 17.5 Å². The van der Waals surface area contributed by atoms with Crippen LogP contribution in [0.15, 0.2) is 72.8 Å². The summed E-state index contributed by atoms with van der Waals surface area (Å²) in [6, 6.07) is 20.6. The van der Waals surface area contributed by atoms with Crippen LogP contribution in [0.5, 0.6) is 0 Å². The molecule has 0 saturated heterocycles. The Kier molecular flexibility index (Phi) is 8.30. The van der Waals surface area contributed by atoms with Crippen LogP contribution >= 0.6 is 0 Å². The van der Waals surface area contributed by atoms with Crippen molar-refractivity contribution in [3.63, 3.8) is 0 Å². The van der Waals surface area contributed by atoms with E-state index in [9.17, 15) is 14.0 Å². The van der Waals surface area contributed by atoms with Crippen LogP contribution < -0.4 is 16.1 Å². The summed E-state index contributed by atoms with van der Waals surface area (Å²) in [6.45, 7) is 0.298. The Bertz CT molecular complexity index is 1060. The summed E-state index contributed by atoms with van der Waals surface area (Å²) in [6.07, 6.45) is 0. The van der Waals surface area contributed by atoms with Crippen LogP contribution in [0.1, 0.15) is 31.8 Å². The maximum absolute atomic E-state index is 14.0. The van der Waals surface area contributed by atoms with Gasteiger partial charge in [-0.1, -0.05) is 48.5 Å². The van der Waals surface area contributed by atoms with Gasteiger partial charge >= 0.3 is 0 Å². The van der Waals surface area contributed by atoms with Crippen molar-refractivity contribution in [3.8, 4) is 0 Å². The first-order valence-corrected chi connectivity index (χ1v) is 10.0. The number of para-hydroxylation sites is 1. The Morgan fingerprint density at radius 1 is 0.875 bits per heavy atom. The van der Waals surface area contributed by atoms with Crippen LogP contribution in [-0.4, -0.2) is 30.1 Å². The lowest BCUT2D eigenvalue weighted by molar-refractivity contribution is 0.0234. The number of rotatable bonds is 10. The minimum atomic E-state index is -0.653. The van der Waals surface area contributed by atoms with Crippen molar-refractivity contribution in [2.24, 2.45) is 0 Å². The Morgan fingerprint density at radius 2 is 1.62 bits per heavy atom. The first-order chi connectivity index (χ1) is 15.6. The standard InChI is InChI=1S/C24H24FN3O4/c25-21-11-10-18(14-20(21)23(30)26-12-13-29)15-27-22-9-5-4-8-19(22)24(31)28-32-16-17-6-2-1-3-7-17/h1-11,14,27,29H,12-13,15-16H2,(H,26,30)(H,28,31). The summed E-state index contributed by atoms with van der Waals surface area (Å²) >= 11 is 0. The molecule has 0 bridgehead atoms. The number of hydrogen-bond acceptors (Lipinski definition) is 5. The van der Waals surface area contributed by atoms with Gasteiger partial charge < -0.3 is 15.7 Å². The molecule has 166 valence electrons. The zero-order valence-electron chi connectivity index (χ0n) is 17.3. The molecule has 0 saturated carbocycles. The average Bonchev–Trinajstić information content (AvgIpc) is 2.82. The number of carbonyl (C=O) groups excluding carboxylic acids is 2. The average molecular weight is 437 g/mol. The van der Waals surface area contributed by atoms with Crippen LogP contribution in [0, 0.1) is 5.82 Å². The maximum atomic E-state index is 14.0. The van der Waals surface area contributed by atoms with E-state index in [0.717, 1.165) is 5.56 Å². The molecular weight excluding hydrogens is 413 g/mol. The largest absolute Gasteiger partial charge is 0.395 e. The molecule has 0 radical (unpaired) electrons. The topological polar surface area (TPSA) is 99.7 Å². The third-order valence-corrected chi connectivity index (χ3v) is 4.57. The van der Waals surface area contributed by atoms with Gasteiger partial charge in [0.25, 0.3) is 11.8 Å².